The lowest BCUT2D eigenvalue weighted by Gasteiger charge is -2.27. The molecule has 18 heteroatoms. The molecule has 2 rings (SSSR count). The number of alkyl halides is 3. The van der Waals surface area contributed by atoms with Crippen LogP contribution in [-0.4, -0.2) is 129 Å². The van der Waals surface area contributed by atoms with Gasteiger partial charge in [0.05, 0.1) is 43.8 Å². The highest BCUT2D eigenvalue weighted by molar-refractivity contribution is 5.95. The Kier molecular flexibility index (Phi) is 12.1. The lowest BCUT2D eigenvalue weighted by atomic mass is 10.0. The number of carboxylic acid groups (broad SMARTS) is 4. The third kappa shape index (κ3) is 11.3. The minimum atomic E-state index is -4.81. The number of hydrogen-bond donors (Lipinski definition) is 6. The van der Waals surface area contributed by atoms with E-state index in [4.69, 9.17) is 10.2 Å². The summed E-state index contributed by atoms with van der Waals surface area (Å²) in [7, 11) is 0. The number of halogens is 3. The number of aromatic nitrogens is 1. The number of nitrogens with one attached hydrogen (secondary N) is 2. The van der Waals surface area contributed by atoms with Crippen LogP contribution in [0.2, 0.25) is 0 Å². The average molecular weight is 618 g/mol. The Morgan fingerprint density at radius 3 is 1.67 bits per heavy atom. The fourth-order valence-electron chi connectivity index (χ4n) is 4.27. The minimum absolute atomic E-state index is 0.0184. The molecule has 0 unspecified atom stereocenters. The van der Waals surface area contributed by atoms with Gasteiger partial charge in [0.1, 0.15) is 0 Å². The highest BCUT2D eigenvalue weighted by Gasteiger charge is 2.35. The lowest BCUT2D eigenvalue weighted by molar-refractivity contribution is -0.143. The van der Waals surface area contributed by atoms with Gasteiger partial charge >= 0.3 is 30.1 Å². The number of carbonyl (C=O) groups excluding carboxylic acids is 1. The highest BCUT2D eigenvalue weighted by atomic mass is 19.4. The van der Waals surface area contributed by atoms with Crippen LogP contribution < -0.4 is 10.9 Å². The Bertz CT molecular complexity index is 1410. The summed E-state index contributed by atoms with van der Waals surface area (Å²) in [4.78, 5) is 75.3. The number of aromatic amines is 1. The first-order chi connectivity index (χ1) is 20.0. The number of pyridine rings is 1. The van der Waals surface area contributed by atoms with E-state index in [-0.39, 0.29) is 42.8 Å². The molecule has 0 aliphatic rings. The van der Waals surface area contributed by atoms with Gasteiger partial charge in [-0.15, -0.1) is 0 Å². The van der Waals surface area contributed by atoms with Crippen LogP contribution >= 0.6 is 0 Å². The Morgan fingerprint density at radius 2 is 1.21 bits per heavy atom. The van der Waals surface area contributed by atoms with Gasteiger partial charge in [0.2, 0.25) is 5.91 Å². The molecule has 0 bridgehead atoms. The lowest BCUT2D eigenvalue weighted by Crippen LogP contribution is -2.46. The molecule has 1 amide bonds. The monoisotopic (exact) mass is 617 g/mol. The second kappa shape index (κ2) is 15.1. The molecule has 6 N–H and O–H groups in total. The first-order valence-corrected chi connectivity index (χ1v) is 12.5. The predicted octanol–water partition coefficient (Wildman–Crippen LogP) is 0.0382. The summed E-state index contributed by atoms with van der Waals surface area (Å²) in [5.74, 6) is -5.92. The summed E-state index contributed by atoms with van der Waals surface area (Å²) in [5.41, 5.74) is -2.76. The van der Waals surface area contributed by atoms with Crippen molar-refractivity contribution in [2.24, 2.45) is 0 Å². The van der Waals surface area contributed by atoms with Crippen LogP contribution in [0.5, 0.6) is 0 Å². The number of rotatable bonds is 17. The van der Waals surface area contributed by atoms with E-state index in [0.29, 0.717) is 0 Å². The third-order valence-electron chi connectivity index (χ3n) is 6.09. The van der Waals surface area contributed by atoms with Crippen LogP contribution in [0.1, 0.15) is 11.1 Å². The second-order valence-corrected chi connectivity index (χ2v) is 9.53. The van der Waals surface area contributed by atoms with Gasteiger partial charge < -0.3 is 30.7 Å². The van der Waals surface area contributed by atoms with Crippen molar-refractivity contribution in [3.63, 3.8) is 0 Å². The number of benzene rings is 1. The zero-order chi connectivity index (χ0) is 32.5. The summed E-state index contributed by atoms with van der Waals surface area (Å²) in [6, 6.07) is 3.39. The number of carbonyl (C=O) groups is 5. The fourth-order valence-corrected chi connectivity index (χ4v) is 4.27. The molecule has 0 aliphatic carbocycles. The van der Waals surface area contributed by atoms with Gasteiger partial charge in [-0.2, -0.15) is 13.2 Å². The maximum atomic E-state index is 13.5. The Hall–Kier alpha value is -4.55. The topological polar surface area (TPSA) is 221 Å². The summed E-state index contributed by atoms with van der Waals surface area (Å²) in [6.45, 7) is -2.37. The fraction of sp³-hybridized carbons (Fsp3) is 0.440. The Balaban J connectivity index is 2.14. The van der Waals surface area contributed by atoms with Gasteiger partial charge in [-0.1, -0.05) is 6.07 Å². The summed E-state index contributed by atoms with van der Waals surface area (Å²) in [5, 5.41) is 38.6. The SMILES string of the molecule is Cc1c(C(F)(F)F)c2ccc(NC(=O)CN(CCN(CCN(CC(=O)O)CC(=O)O)CC(=O)O)CC(=O)O)cc2[nH]c1=O. The van der Waals surface area contributed by atoms with Crippen LogP contribution in [0.15, 0.2) is 23.0 Å². The van der Waals surface area contributed by atoms with Crippen LogP contribution in [0.4, 0.5) is 18.9 Å². The van der Waals surface area contributed by atoms with Gasteiger partial charge in [-0.3, -0.25) is 43.5 Å². The molecule has 43 heavy (non-hydrogen) atoms. The number of fused-ring (bicyclic) bond motifs is 1. The van der Waals surface area contributed by atoms with E-state index < -0.39 is 85.4 Å². The van der Waals surface area contributed by atoms with Gasteiger partial charge in [0.25, 0.3) is 5.56 Å². The molecule has 1 aromatic heterocycles. The van der Waals surface area contributed by atoms with Crippen molar-refractivity contribution in [2.75, 3.05) is 64.2 Å². The molecule has 0 fully saturated rings. The quantitative estimate of drug-likeness (QED) is 0.138. The predicted molar refractivity (Wildman–Crippen MR) is 143 cm³/mol. The van der Waals surface area contributed by atoms with Gasteiger partial charge in [0, 0.05) is 42.8 Å². The van der Waals surface area contributed by atoms with Crippen molar-refractivity contribution < 1.29 is 57.6 Å². The zero-order valence-electron chi connectivity index (χ0n) is 22.8. The number of carboxylic acids is 4. The molecule has 236 valence electrons. The molecular weight excluding hydrogens is 587 g/mol. The molecule has 0 radical (unpaired) electrons. The number of aliphatic carboxylic acids is 4. The number of nitrogens with zero attached hydrogens (tertiary/aromatic N) is 3. The van der Waals surface area contributed by atoms with Crippen molar-refractivity contribution in [3.8, 4) is 0 Å². The summed E-state index contributed by atoms with van der Waals surface area (Å²) >= 11 is 0. The van der Waals surface area contributed by atoms with Crippen LogP contribution in [-0.2, 0) is 30.1 Å². The second-order valence-electron chi connectivity index (χ2n) is 9.53. The van der Waals surface area contributed by atoms with Gasteiger partial charge in [0.15, 0.2) is 0 Å². The van der Waals surface area contributed by atoms with E-state index in [1.807, 2.05) is 0 Å². The molecule has 0 saturated carbocycles. The molecule has 0 atom stereocenters. The average Bonchev–Trinajstić information content (AvgIpc) is 2.84. The van der Waals surface area contributed by atoms with E-state index in [0.717, 1.165) is 28.9 Å². The first kappa shape index (κ1) is 34.7. The molecule has 1 heterocycles. The summed E-state index contributed by atoms with van der Waals surface area (Å²) < 4.78 is 40.6. The van der Waals surface area contributed by atoms with Crippen molar-refractivity contribution in [1.29, 1.82) is 0 Å². The van der Waals surface area contributed by atoms with E-state index >= 15 is 0 Å². The highest BCUT2D eigenvalue weighted by Crippen LogP contribution is 2.36. The molecule has 1 aromatic carbocycles. The van der Waals surface area contributed by atoms with E-state index in [1.54, 1.807) is 0 Å². The number of H-pyrrole nitrogens is 1. The van der Waals surface area contributed by atoms with E-state index in [1.165, 1.54) is 11.0 Å². The van der Waals surface area contributed by atoms with Crippen molar-refractivity contribution in [1.82, 2.24) is 19.7 Å². The Morgan fingerprint density at radius 1 is 0.767 bits per heavy atom. The molecule has 2 aromatic rings. The molecule has 0 saturated heterocycles. The maximum Gasteiger partial charge on any atom is 0.417 e. The van der Waals surface area contributed by atoms with Crippen LogP contribution in [0.3, 0.4) is 0 Å². The van der Waals surface area contributed by atoms with Crippen LogP contribution in [0.25, 0.3) is 10.9 Å². The van der Waals surface area contributed by atoms with Crippen molar-refractivity contribution >= 4 is 46.4 Å². The standard InChI is InChI=1S/C25H30F3N5O10/c1-14-23(25(26,27)28)16-3-2-15(8-17(16)30-24(14)43)29-18(34)9-32(11-20(37)38)6-4-31(10-19(35)36)5-7-33(12-21(39)40)13-22(41)42/h2-3,8H,4-7,9-13H2,1H3,(H,29,34)(H,30,43)(H,35,36)(H,37,38)(H,39,40)(H,41,42). The molecular formula is C25H30F3N5O10. The molecule has 0 spiro atoms. The third-order valence-corrected chi connectivity index (χ3v) is 6.09. The van der Waals surface area contributed by atoms with E-state index in [9.17, 15) is 52.2 Å². The smallest absolute Gasteiger partial charge is 0.417 e. The van der Waals surface area contributed by atoms with Crippen molar-refractivity contribution in [2.45, 2.75) is 13.1 Å². The number of hydrogen-bond acceptors (Lipinski definition) is 9. The van der Waals surface area contributed by atoms with Crippen LogP contribution in [0, 0.1) is 6.92 Å². The number of anilines is 1. The minimum Gasteiger partial charge on any atom is -0.480 e. The number of amides is 1. The molecule has 15 nitrogen and oxygen atoms in total. The zero-order valence-corrected chi connectivity index (χ0v) is 22.8. The summed E-state index contributed by atoms with van der Waals surface area (Å²) in [6.07, 6.45) is -4.81. The largest absolute Gasteiger partial charge is 0.480 e. The normalized spacial score (nSPS) is 11.8. The maximum absolute atomic E-state index is 13.5. The molecule has 0 aliphatic heterocycles. The van der Waals surface area contributed by atoms with E-state index in [2.05, 4.69) is 10.3 Å². The Labute approximate surface area is 241 Å². The van der Waals surface area contributed by atoms with Gasteiger partial charge in [-0.25, -0.2) is 0 Å². The first-order valence-electron chi connectivity index (χ1n) is 12.5. The van der Waals surface area contributed by atoms with Gasteiger partial charge in [-0.05, 0) is 19.1 Å². The van der Waals surface area contributed by atoms with Crippen molar-refractivity contribution in [3.05, 3.63) is 39.7 Å².